The Morgan fingerprint density at radius 3 is 2.73 bits per heavy atom. The molecule has 4 nitrogen and oxygen atoms in total. The summed E-state index contributed by atoms with van der Waals surface area (Å²) >= 11 is 0. The summed E-state index contributed by atoms with van der Waals surface area (Å²) in [4.78, 5) is 16.9. The third kappa shape index (κ3) is 4.18. The lowest BCUT2D eigenvalue weighted by Crippen LogP contribution is -2.36. The zero-order valence-corrected chi connectivity index (χ0v) is 9.50. The molecule has 0 spiro atoms. The van der Waals surface area contributed by atoms with Crippen LogP contribution in [0, 0.1) is 5.92 Å². The Balaban J connectivity index is 2.20. The quantitative estimate of drug-likeness (QED) is 0.656. The lowest BCUT2D eigenvalue weighted by molar-refractivity contribution is -0.142. The number of nitrogens with two attached hydrogens (primary N) is 1. The first kappa shape index (κ1) is 12.5. The molecule has 1 saturated carbocycles. The molecule has 4 heteroatoms. The van der Waals surface area contributed by atoms with Gasteiger partial charge in [-0.3, -0.25) is 9.63 Å². The van der Waals surface area contributed by atoms with E-state index in [2.05, 4.69) is 5.48 Å². The molecule has 3 N–H and O–H groups in total. The Bertz CT molecular complexity index is 191. The molecule has 15 heavy (non-hydrogen) atoms. The van der Waals surface area contributed by atoms with Crippen LogP contribution in [-0.2, 0) is 9.63 Å². The van der Waals surface area contributed by atoms with Crippen molar-refractivity contribution in [3.63, 3.8) is 0 Å². The normalized spacial score (nSPS) is 19.1. The number of nitrogens with one attached hydrogen (secondary N) is 1. The monoisotopic (exact) mass is 214 g/mol. The molecule has 1 fully saturated rings. The Hall–Kier alpha value is -0.610. The fourth-order valence-electron chi connectivity index (χ4n) is 1.94. The lowest BCUT2D eigenvalue weighted by Gasteiger charge is -2.16. The Labute approximate surface area is 91.5 Å². The summed E-state index contributed by atoms with van der Waals surface area (Å²) in [5.41, 5.74) is 8.07. The van der Waals surface area contributed by atoms with Crippen molar-refractivity contribution in [1.29, 1.82) is 0 Å². The van der Waals surface area contributed by atoms with Crippen molar-refractivity contribution in [2.24, 2.45) is 11.7 Å². The average molecular weight is 214 g/mol. The summed E-state index contributed by atoms with van der Waals surface area (Å²) in [7, 11) is 0. The molecule has 0 aromatic heterocycles. The molecule has 0 radical (unpaired) electrons. The summed E-state index contributed by atoms with van der Waals surface area (Å²) in [6.07, 6.45) is 6.54. The maximum absolute atomic E-state index is 11.6. The van der Waals surface area contributed by atoms with Crippen molar-refractivity contribution in [2.45, 2.75) is 51.6 Å². The molecule has 0 saturated heterocycles. The molecule has 0 aromatic rings. The van der Waals surface area contributed by atoms with Gasteiger partial charge >= 0.3 is 0 Å². The topological polar surface area (TPSA) is 64.4 Å². The van der Waals surface area contributed by atoms with E-state index < -0.39 is 0 Å². The minimum Gasteiger partial charge on any atom is -0.330 e. The number of rotatable bonds is 6. The molecule has 0 bridgehead atoms. The van der Waals surface area contributed by atoms with Crippen molar-refractivity contribution in [2.75, 3.05) is 6.54 Å². The molecular weight excluding hydrogens is 192 g/mol. The molecular formula is C11H22N2O2. The predicted octanol–water partition coefficient (Wildman–Crippen LogP) is 1.35. The van der Waals surface area contributed by atoms with Crippen LogP contribution >= 0.6 is 0 Å². The Kier molecular flexibility index (Phi) is 5.65. The van der Waals surface area contributed by atoms with Gasteiger partial charge in [0.25, 0.3) is 0 Å². The number of carbonyl (C=O) groups excluding carboxylic acids is 1. The van der Waals surface area contributed by atoms with Gasteiger partial charge in [0.15, 0.2) is 0 Å². The SMILES string of the molecule is CCCC(CN)C(=O)NOC1CCCC1. The first-order valence-electron chi connectivity index (χ1n) is 5.93. The third-order valence-corrected chi connectivity index (χ3v) is 2.92. The number of hydrogen-bond donors (Lipinski definition) is 2. The van der Waals surface area contributed by atoms with E-state index in [1.807, 2.05) is 6.92 Å². The van der Waals surface area contributed by atoms with Crippen LogP contribution < -0.4 is 11.2 Å². The van der Waals surface area contributed by atoms with Crippen LogP contribution in [0.1, 0.15) is 45.4 Å². The molecule has 1 unspecified atom stereocenters. The summed E-state index contributed by atoms with van der Waals surface area (Å²) in [5, 5.41) is 0. The third-order valence-electron chi connectivity index (χ3n) is 2.92. The van der Waals surface area contributed by atoms with Crippen LogP contribution in [0.3, 0.4) is 0 Å². The minimum atomic E-state index is -0.101. The average Bonchev–Trinajstić information content (AvgIpc) is 2.75. The number of hydrogen-bond acceptors (Lipinski definition) is 3. The van der Waals surface area contributed by atoms with Crippen LogP contribution in [0.25, 0.3) is 0 Å². The van der Waals surface area contributed by atoms with Gasteiger partial charge in [-0.2, -0.15) is 0 Å². The van der Waals surface area contributed by atoms with E-state index >= 15 is 0 Å². The molecule has 1 atom stereocenters. The Morgan fingerprint density at radius 1 is 1.53 bits per heavy atom. The van der Waals surface area contributed by atoms with Crippen LogP contribution in [0.15, 0.2) is 0 Å². The van der Waals surface area contributed by atoms with Gasteiger partial charge in [0.1, 0.15) is 0 Å². The van der Waals surface area contributed by atoms with Crippen LogP contribution in [0.5, 0.6) is 0 Å². The first-order valence-corrected chi connectivity index (χ1v) is 5.93. The van der Waals surface area contributed by atoms with Gasteiger partial charge in [-0.1, -0.05) is 26.2 Å². The molecule has 88 valence electrons. The second-order valence-corrected chi connectivity index (χ2v) is 4.21. The largest absolute Gasteiger partial charge is 0.330 e. The smallest absolute Gasteiger partial charge is 0.247 e. The molecule has 1 aliphatic rings. The highest BCUT2D eigenvalue weighted by Gasteiger charge is 2.20. The van der Waals surface area contributed by atoms with Crippen molar-refractivity contribution >= 4 is 5.91 Å². The molecule has 0 heterocycles. The van der Waals surface area contributed by atoms with E-state index in [1.54, 1.807) is 0 Å². The van der Waals surface area contributed by atoms with E-state index in [1.165, 1.54) is 12.8 Å². The van der Waals surface area contributed by atoms with Crippen LogP contribution in [0.2, 0.25) is 0 Å². The van der Waals surface area contributed by atoms with Gasteiger partial charge < -0.3 is 5.73 Å². The van der Waals surface area contributed by atoms with Crippen molar-refractivity contribution in [3.05, 3.63) is 0 Å². The van der Waals surface area contributed by atoms with Gasteiger partial charge in [-0.05, 0) is 19.3 Å². The van der Waals surface area contributed by atoms with E-state index in [0.717, 1.165) is 25.7 Å². The highest BCUT2D eigenvalue weighted by Crippen LogP contribution is 2.20. The molecule has 1 rings (SSSR count). The van der Waals surface area contributed by atoms with Gasteiger partial charge in [-0.25, -0.2) is 5.48 Å². The van der Waals surface area contributed by atoms with E-state index in [9.17, 15) is 4.79 Å². The summed E-state index contributed by atoms with van der Waals surface area (Å²) in [6.45, 7) is 2.45. The second-order valence-electron chi connectivity index (χ2n) is 4.21. The van der Waals surface area contributed by atoms with Gasteiger partial charge in [0, 0.05) is 6.54 Å². The molecule has 0 aliphatic heterocycles. The number of hydroxylamine groups is 1. The number of amides is 1. The lowest BCUT2D eigenvalue weighted by atomic mass is 10.0. The zero-order valence-electron chi connectivity index (χ0n) is 9.50. The molecule has 0 aromatic carbocycles. The van der Waals surface area contributed by atoms with Crippen LogP contribution in [0.4, 0.5) is 0 Å². The highest BCUT2D eigenvalue weighted by atomic mass is 16.7. The van der Waals surface area contributed by atoms with Gasteiger partial charge in [-0.15, -0.1) is 0 Å². The minimum absolute atomic E-state index is 0.0637. The molecule has 1 amide bonds. The number of carbonyl (C=O) groups is 1. The van der Waals surface area contributed by atoms with Gasteiger partial charge in [0.05, 0.1) is 12.0 Å². The zero-order chi connectivity index (χ0) is 11.1. The van der Waals surface area contributed by atoms with E-state index in [-0.39, 0.29) is 17.9 Å². The van der Waals surface area contributed by atoms with E-state index in [0.29, 0.717) is 6.54 Å². The van der Waals surface area contributed by atoms with Crippen molar-refractivity contribution in [1.82, 2.24) is 5.48 Å². The van der Waals surface area contributed by atoms with Crippen molar-refractivity contribution < 1.29 is 9.63 Å². The first-order chi connectivity index (χ1) is 7.27. The van der Waals surface area contributed by atoms with Crippen LogP contribution in [-0.4, -0.2) is 18.6 Å². The maximum atomic E-state index is 11.6. The fourth-order valence-corrected chi connectivity index (χ4v) is 1.94. The predicted molar refractivity (Wildman–Crippen MR) is 58.9 cm³/mol. The van der Waals surface area contributed by atoms with E-state index in [4.69, 9.17) is 10.6 Å². The van der Waals surface area contributed by atoms with Crippen molar-refractivity contribution in [3.8, 4) is 0 Å². The second kappa shape index (κ2) is 6.80. The molecule has 1 aliphatic carbocycles. The Morgan fingerprint density at radius 2 is 2.20 bits per heavy atom. The fraction of sp³-hybridized carbons (Fsp3) is 0.909. The highest BCUT2D eigenvalue weighted by molar-refractivity contribution is 5.77. The summed E-state index contributed by atoms with van der Waals surface area (Å²) < 4.78 is 0. The standard InChI is InChI=1S/C11H22N2O2/c1-2-5-9(8-12)11(14)13-15-10-6-3-4-7-10/h9-10H,2-8,12H2,1H3,(H,13,14). The summed E-state index contributed by atoms with van der Waals surface area (Å²) in [6, 6.07) is 0. The maximum Gasteiger partial charge on any atom is 0.247 e. The van der Waals surface area contributed by atoms with Gasteiger partial charge in [0.2, 0.25) is 5.91 Å². The summed E-state index contributed by atoms with van der Waals surface area (Å²) in [5.74, 6) is -0.164.